The molecule has 4 aromatic rings. The first-order valence-corrected chi connectivity index (χ1v) is 9.83. The minimum atomic E-state index is -3.76. The molecular formula is C19H18N4O3S. The Morgan fingerprint density at radius 2 is 1.81 bits per heavy atom. The monoisotopic (exact) mass is 382 g/mol. The summed E-state index contributed by atoms with van der Waals surface area (Å²) in [5.74, 6) is 0.261. The molecule has 3 heterocycles. The van der Waals surface area contributed by atoms with E-state index in [-0.39, 0.29) is 10.7 Å². The first-order chi connectivity index (χ1) is 12.8. The number of pyridine rings is 1. The summed E-state index contributed by atoms with van der Waals surface area (Å²) >= 11 is 0. The number of rotatable bonds is 4. The lowest BCUT2D eigenvalue weighted by Gasteiger charge is -2.08. The third kappa shape index (κ3) is 3.19. The smallest absolute Gasteiger partial charge is 0.267 e. The molecule has 4 rings (SSSR count). The topological polar surface area (TPSA) is 89.5 Å². The largest absolute Gasteiger partial charge is 0.360 e. The summed E-state index contributed by atoms with van der Waals surface area (Å²) in [5.41, 5.74) is 4.52. The van der Waals surface area contributed by atoms with E-state index in [1.165, 1.54) is 0 Å². The number of aromatic nitrogens is 3. The quantitative estimate of drug-likeness (QED) is 0.581. The molecule has 0 fully saturated rings. The van der Waals surface area contributed by atoms with Gasteiger partial charge in [0.05, 0.1) is 5.69 Å². The second-order valence-electron chi connectivity index (χ2n) is 6.43. The Bertz CT molecular complexity index is 1220. The molecule has 0 aliphatic rings. The van der Waals surface area contributed by atoms with Crippen molar-refractivity contribution in [3.05, 3.63) is 65.8 Å². The number of hydrogen-bond acceptors (Lipinski definition) is 5. The van der Waals surface area contributed by atoms with E-state index in [1.807, 2.05) is 48.0 Å². The molecule has 0 aliphatic carbocycles. The van der Waals surface area contributed by atoms with E-state index >= 15 is 0 Å². The van der Waals surface area contributed by atoms with Crippen LogP contribution in [0.3, 0.4) is 0 Å². The van der Waals surface area contributed by atoms with Gasteiger partial charge >= 0.3 is 0 Å². The van der Waals surface area contributed by atoms with Crippen LogP contribution >= 0.6 is 0 Å². The molecule has 0 spiro atoms. The lowest BCUT2D eigenvalue weighted by molar-refractivity contribution is 0.390. The minimum absolute atomic E-state index is 0.0716. The van der Waals surface area contributed by atoms with E-state index in [9.17, 15) is 8.42 Å². The Labute approximate surface area is 156 Å². The van der Waals surface area contributed by atoms with Gasteiger partial charge in [-0.15, -0.1) is 0 Å². The van der Waals surface area contributed by atoms with Crippen LogP contribution in [-0.4, -0.2) is 23.0 Å². The van der Waals surface area contributed by atoms with Gasteiger partial charge in [-0.05, 0) is 50.6 Å². The van der Waals surface area contributed by atoms with Gasteiger partial charge < -0.3 is 8.92 Å². The summed E-state index contributed by atoms with van der Waals surface area (Å²) in [6, 6.07) is 11.1. The van der Waals surface area contributed by atoms with Crippen LogP contribution in [0.15, 0.2) is 58.2 Å². The molecule has 0 radical (unpaired) electrons. The number of nitrogens with zero attached hydrogens (tertiary/aromatic N) is 3. The SMILES string of the molecule is Cc1ccn2cc(-c3ccc(NS(=O)(=O)c4c(C)noc4C)cc3)nc2c1. The Morgan fingerprint density at radius 1 is 1.07 bits per heavy atom. The van der Waals surface area contributed by atoms with Gasteiger partial charge in [0.25, 0.3) is 10.0 Å². The van der Waals surface area contributed by atoms with Gasteiger partial charge in [-0.2, -0.15) is 0 Å². The highest BCUT2D eigenvalue weighted by molar-refractivity contribution is 7.92. The standard InChI is InChI=1S/C19H18N4O3S/c1-12-8-9-23-11-17(20-18(23)10-12)15-4-6-16(7-5-15)22-27(24,25)19-13(2)21-26-14(19)3/h4-11,22H,1-3H3. The highest BCUT2D eigenvalue weighted by Crippen LogP contribution is 2.25. The van der Waals surface area contributed by atoms with Gasteiger partial charge in [-0.1, -0.05) is 17.3 Å². The fraction of sp³-hybridized carbons (Fsp3) is 0.158. The second-order valence-corrected chi connectivity index (χ2v) is 8.05. The number of nitrogens with one attached hydrogen (secondary N) is 1. The Morgan fingerprint density at radius 3 is 2.48 bits per heavy atom. The molecule has 0 atom stereocenters. The highest BCUT2D eigenvalue weighted by Gasteiger charge is 2.24. The number of benzene rings is 1. The van der Waals surface area contributed by atoms with Crippen molar-refractivity contribution in [1.29, 1.82) is 0 Å². The number of hydrogen-bond donors (Lipinski definition) is 1. The van der Waals surface area contributed by atoms with Crippen molar-refractivity contribution < 1.29 is 12.9 Å². The molecule has 1 N–H and O–H groups in total. The van der Waals surface area contributed by atoms with Crippen LogP contribution in [0.25, 0.3) is 16.9 Å². The number of fused-ring (bicyclic) bond motifs is 1. The number of aryl methyl sites for hydroxylation is 3. The van der Waals surface area contributed by atoms with Gasteiger partial charge in [0.15, 0.2) is 10.7 Å². The maximum absolute atomic E-state index is 12.6. The molecule has 8 heteroatoms. The Kier molecular flexibility index (Phi) is 4.00. The first-order valence-electron chi connectivity index (χ1n) is 8.35. The van der Waals surface area contributed by atoms with Crippen molar-refractivity contribution in [2.24, 2.45) is 0 Å². The molecule has 0 saturated heterocycles. The van der Waals surface area contributed by atoms with Gasteiger partial charge in [-0.3, -0.25) is 4.72 Å². The van der Waals surface area contributed by atoms with Crippen molar-refractivity contribution in [3.63, 3.8) is 0 Å². The van der Waals surface area contributed by atoms with Crippen molar-refractivity contribution in [2.75, 3.05) is 4.72 Å². The van der Waals surface area contributed by atoms with Crippen LogP contribution in [0, 0.1) is 20.8 Å². The summed E-state index contributed by atoms with van der Waals surface area (Å²) < 4.78 is 34.6. The summed E-state index contributed by atoms with van der Waals surface area (Å²) in [6.45, 7) is 5.19. The van der Waals surface area contributed by atoms with Gasteiger partial charge in [0.1, 0.15) is 11.3 Å². The van der Waals surface area contributed by atoms with Gasteiger partial charge in [0, 0.05) is 23.6 Å². The third-order valence-electron chi connectivity index (χ3n) is 4.29. The molecule has 138 valence electrons. The fourth-order valence-electron chi connectivity index (χ4n) is 3.00. The predicted octanol–water partition coefficient (Wildman–Crippen LogP) is 3.72. The average molecular weight is 382 g/mol. The summed E-state index contributed by atoms with van der Waals surface area (Å²) in [7, 11) is -3.76. The molecule has 0 bridgehead atoms. The van der Waals surface area contributed by atoms with E-state index < -0.39 is 10.0 Å². The highest BCUT2D eigenvalue weighted by atomic mass is 32.2. The maximum atomic E-state index is 12.6. The van der Waals surface area contributed by atoms with Crippen LogP contribution < -0.4 is 4.72 Å². The molecule has 3 aromatic heterocycles. The Balaban J connectivity index is 1.62. The molecule has 0 amide bonds. The molecule has 7 nitrogen and oxygen atoms in total. The molecular weight excluding hydrogens is 364 g/mol. The van der Waals surface area contributed by atoms with Crippen molar-refractivity contribution >= 4 is 21.4 Å². The van der Waals surface area contributed by atoms with E-state index in [0.29, 0.717) is 11.4 Å². The third-order valence-corrected chi connectivity index (χ3v) is 5.91. The van der Waals surface area contributed by atoms with E-state index in [2.05, 4.69) is 14.9 Å². The Hall–Kier alpha value is -3.13. The lowest BCUT2D eigenvalue weighted by atomic mass is 10.1. The molecule has 0 aliphatic heterocycles. The van der Waals surface area contributed by atoms with Crippen LogP contribution in [-0.2, 0) is 10.0 Å². The normalized spacial score (nSPS) is 11.8. The average Bonchev–Trinajstić information content (AvgIpc) is 3.18. The zero-order valence-electron chi connectivity index (χ0n) is 15.1. The molecule has 0 saturated carbocycles. The van der Waals surface area contributed by atoms with Crippen LogP contribution in [0.5, 0.6) is 0 Å². The summed E-state index contributed by atoms with van der Waals surface area (Å²) in [6.07, 6.45) is 3.91. The number of anilines is 1. The van der Waals surface area contributed by atoms with Gasteiger partial charge in [-0.25, -0.2) is 13.4 Å². The lowest BCUT2D eigenvalue weighted by Crippen LogP contribution is -2.14. The summed E-state index contributed by atoms with van der Waals surface area (Å²) in [4.78, 5) is 4.69. The molecule has 0 unspecified atom stereocenters. The van der Waals surface area contributed by atoms with Crippen molar-refractivity contribution in [2.45, 2.75) is 25.7 Å². The molecule has 27 heavy (non-hydrogen) atoms. The number of imidazole rings is 1. The van der Waals surface area contributed by atoms with Crippen molar-refractivity contribution in [1.82, 2.24) is 14.5 Å². The van der Waals surface area contributed by atoms with E-state index in [1.54, 1.807) is 26.0 Å². The van der Waals surface area contributed by atoms with Crippen LogP contribution in [0.2, 0.25) is 0 Å². The fourth-order valence-corrected chi connectivity index (χ4v) is 4.39. The van der Waals surface area contributed by atoms with E-state index in [0.717, 1.165) is 22.5 Å². The maximum Gasteiger partial charge on any atom is 0.267 e. The van der Waals surface area contributed by atoms with Crippen LogP contribution in [0.4, 0.5) is 5.69 Å². The second kappa shape index (κ2) is 6.24. The van der Waals surface area contributed by atoms with Gasteiger partial charge in [0.2, 0.25) is 0 Å². The zero-order chi connectivity index (χ0) is 19.2. The summed E-state index contributed by atoms with van der Waals surface area (Å²) in [5, 5.41) is 3.70. The zero-order valence-corrected chi connectivity index (χ0v) is 15.9. The number of sulfonamides is 1. The van der Waals surface area contributed by atoms with E-state index in [4.69, 9.17) is 4.52 Å². The predicted molar refractivity (Wildman–Crippen MR) is 102 cm³/mol. The van der Waals surface area contributed by atoms with Crippen LogP contribution in [0.1, 0.15) is 17.0 Å². The first kappa shape index (κ1) is 17.3. The minimum Gasteiger partial charge on any atom is -0.360 e. The molecule has 1 aromatic carbocycles. The van der Waals surface area contributed by atoms with Crippen molar-refractivity contribution in [3.8, 4) is 11.3 Å².